The van der Waals surface area contributed by atoms with Crippen LogP contribution >= 0.6 is 11.3 Å². The Kier molecular flexibility index (Phi) is 5.85. The van der Waals surface area contributed by atoms with Crippen molar-refractivity contribution in [3.63, 3.8) is 0 Å². The molecule has 8 heteroatoms. The number of piperidine rings is 1. The van der Waals surface area contributed by atoms with Crippen molar-refractivity contribution in [2.24, 2.45) is 5.92 Å². The Bertz CT molecular complexity index is 1200. The van der Waals surface area contributed by atoms with Gasteiger partial charge in [0.15, 0.2) is 0 Å². The van der Waals surface area contributed by atoms with Gasteiger partial charge in [-0.2, -0.15) is 14.6 Å². The van der Waals surface area contributed by atoms with Gasteiger partial charge in [0.25, 0.3) is 5.78 Å². The monoisotopic (exact) mass is 446 g/mol. The van der Waals surface area contributed by atoms with Crippen LogP contribution in [0.2, 0.25) is 0 Å². The first-order valence-corrected chi connectivity index (χ1v) is 11.8. The second-order valence-corrected chi connectivity index (χ2v) is 9.22. The SMILES string of the molecule is Cc1nc2ncnn2c(N2CCC(C(=O)NCc3cccs3)CC2)c1Cc1ccccc1. The first-order chi connectivity index (χ1) is 15.7. The first kappa shape index (κ1) is 20.6. The second kappa shape index (κ2) is 9.08. The molecule has 164 valence electrons. The van der Waals surface area contributed by atoms with Crippen LogP contribution in [-0.4, -0.2) is 38.6 Å². The molecular formula is C24H26N6OS. The maximum Gasteiger partial charge on any atom is 0.254 e. The highest BCUT2D eigenvalue weighted by Crippen LogP contribution is 2.30. The van der Waals surface area contributed by atoms with Gasteiger partial charge in [-0.3, -0.25) is 4.79 Å². The van der Waals surface area contributed by atoms with E-state index in [9.17, 15) is 4.79 Å². The Hall–Kier alpha value is -3.26. The number of hydrogen-bond donors (Lipinski definition) is 1. The normalized spacial score (nSPS) is 14.7. The van der Waals surface area contributed by atoms with Gasteiger partial charge in [-0.1, -0.05) is 36.4 Å². The molecule has 7 nitrogen and oxygen atoms in total. The van der Waals surface area contributed by atoms with E-state index >= 15 is 0 Å². The maximum absolute atomic E-state index is 12.7. The summed E-state index contributed by atoms with van der Waals surface area (Å²) in [7, 11) is 0. The number of thiophene rings is 1. The van der Waals surface area contributed by atoms with Crippen LogP contribution in [-0.2, 0) is 17.8 Å². The lowest BCUT2D eigenvalue weighted by Crippen LogP contribution is -2.41. The van der Waals surface area contributed by atoms with Crippen LogP contribution in [0.25, 0.3) is 5.78 Å². The third-order valence-corrected chi connectivity index (χ3v) is 6.99. The molecule has 0 unspecified atom stereocenters. The quantitative estimate of drug-likeness (QED) is 0.490. The third kappa shape index (κ3) is 4.23. The minimum absolute atomic E-state index is 0.0398. The van der Waals surface area contributed by atoms with Crippen molar-refractivity contribution >= 4 is 28.8 Å². The summed E-state index contributed by atoms with van der Waals surface area (Å²) in [6, 6.07) is 14.5. The molecule has 1 saturated heterocycles. The standard InChI is InChI=1S/C24H26N6OS/c1-17-21(14-18-6-3-2-4-7-18)23(30-24(28-17)26-16-27-30)29-11-9-19(10-12-29)22(31)25-15-20-8-5-13-32-20/h2-8,13,16,19H,9-12,14-15H2,1H3,(H,25,31). The van der Waals surface area contributed by atoms with E-state index in [1.54, 1.807) is 17.7 Å². The van der Waals surface area contributed by atoms with Crippen molar-refractivity contribution in [2.45, 2.75) is 32.7 Å². The van der Waals surface area contributed by atoms with Gasteiger partial charge >= 0.3 is 0 Å². The van der Waals surface area contributed by atoms with Crippen LogP contribution in [0.4, 0.5) is 5.82 Å². The van der Waals surface area contributed by atoms with E-state index in [4.69, 9.17) is 0 Å². The summed E-state index contributed by atoms with van der Waals surface area (Å²) < 4.78 is 1.85. The summed E-state index contributed by atoms with van der Waals surface area (Å²) in [6.07, 6.45) is 3.98. The highest BCUT2D eigenvalue weighted by atomic mass is 32.1. The molecule has 5 rings (SSSR count). The van der Waals surface area contributed by atoms with Gasteiger partial charge in [0, 0.05) is 41.6 Å². The van der Waals surface area contributed by atoms with Crippen LogP contribution in [0, 0.1) is 12.8 Å². The summed E-state index contributed by atoms with van der Waals surface area (Å²) in [5.74, 6) is 1.86. The average molecular weight is 447 g/mol. The summed E-state index contributed by atoms with van der Waals surface area (Å²) >= 11 is 1.67. The average Bonchev–Trinajstić information content (AvgIpc) is 3.51. The number of nitrogens with one attached hydrogen (secondary N) is 1. The molecule has 0 aliphatic carbocycles. The Labute approximate surface area is 191 Å². The van der Waals surface area contributed by atoms with Crippen LogP contribution in [0.1, 0.15) is 34.5 Å². The highest BCUT2D eigenvalue weighted by molar-refractivity contribution is 7.09. The molecule has 3 aromatic heterocycles. The predicted octanol–water partition coefficient (Wildman–Crippen LogP) is 3.62. The Morgan fingerprint density at radius 3 is 2.72 bits per heavy atom. The fraction of sp³-hybridized carbons (Fsp3) is 0.333. The smallest absolute Gasteiger partial charge is 0.254 e. The summed E-state index contributed by atoms with van der Waals surface area (Å²) in [5.41, 5.74) is 3.37. The lowest BCUT2D eigenvalue weighted by Gasteiger charge is -2.34. The van der Waals surface area contributed by atoms with E-state index in [0.29, 0.717) is 12.3 Å². The minimum atomic E-state index is 0.0398. The van der Waals surface area contributed by atoms with Crippen molar-refractivity contribution < 1.29 is 4.79 Å². The largest absolute Gasteiger partial charge is 0.356 e. The minimum Gasteiger partial charge on any atom is -0.356 e. The van der Waals surface area contributed by atoms with E-state index in [1.165, 1.54) is 10.4 Å². The van der Waals surface area contributed by atoms with E-state index in [0.717, 1.165) is 49.4 Å². The molecule has 1 aliphatic heterocycles. The van der Waals surface area contributed by atoms with Gasteiger partial charge in [0.1, 0.15) is 12.1 Å². The fourth-order valence-electron chi connectivity index (χ4n) is 4.39. The molecule has 0 atom stereocenters. The molecular weight excluding hydrogens is 420 g/mol. The van der Waals surface area contributed by atoms with Crippen LogP contribution < -0.4 is 10.2 Å². The number of carbonyl (C=O) groups is 1. The number of nitrogens with zero attached hydrogens (tertiary/aromatic N) is 5. The molecule has 4 heterocycles. The zero-order valence-corrected chi connectivity index (χ0v) is 18.9. The van der Waals surface area contributed by atoms with Gasteiger partial charge < -0.3 is 10.2 Å². The predicted molar refractivity (Wildman–Crippen MR) is 126 cm³/mol. The third-order valence-electron chi connectivity index (χ3n) is 6.11. The first-order valence-electron chi connectivity index (χ1n) is 11.0. The van der Waals surface area contributed by atoms with Crippen LogP contribution in [0.15, 0.2) is 54.2 Å². The maximum atomic E-state index is 12.7. The van der Waals surface area contributed by atoms with Crippen molar-refractivity contribution in [3.8, 4) is 0 Å². The zero-order chi connectivity index (χ0) is 21.9. The number of benzene rings is 1. The molecule has 1 amide bonds. The number of rotatable bonds is 6. The van der Waals surface area contributed by atoms with Gasteiger partial charge in [-0.15, -0.1) is 11.3 Å². The van der Waals surface area contributed by atoms with Crippen LogP contribution in [0.3, 0.4) is 0 Å². The van der Waals surface area contributed by atoms with E-state index in [-0.39, 0.29) is 11.8 Å². The van der Waals surface area contributed by atoms with Crippen molar-refractivity contribution in [2.75, 3.05) is 18.0 Å². The zero-order valence-electron chi connectivity index (χ0n) is 18.1. The van der Waals surface area contributed by atoms with Crippen LogP contribution in [0.5, 0.6) is 0 Å². The van der Waals surface area contributed by atoms with Crippen molar-refractivity contribution in [1.82, 2.24) is 24.9 Å². The van der Waals surface area contributed by atoms with E-state index in [1.807, 2.05) is 29.0 Å². The number of aryl methyl sites for hydroxylation is 1. The number of hydrogen-bond acceptors (Lipinski definition) is 6. The Morgan fingerprint density at radius 2 is 1.97 bits per heavy atom. The lowest BCUT2D eigenvalue weighted by molar-refractivity contribution is -0.125. The Balaban J connectivity index is 1.35. The number of aromatic nitrogens is 4. The van der Waals surface area contributed by atoms with Crippen molar-refractivity contribution in [1.29, 1.82) is 0 Å². The molecule has 32 heavy (non-hydrogen) atoms. The van der Waals surface area contributed by atoms with E-state index in [2.05, 4.69) is 55.6 Å². The van der Waals surface area contributed by atoms with E-state index < -0.39 is 0 Å². The number of carbonyl (C=O) groups excluding carboxylic acids is 1. The molecule has 0 bridgehead atoms. The summed E-state index contributed by atoms with van der Waals surface area (Å²) in [4.78, 5) is 25.2. The topological polar surface area (TPSA) is 75.4 Å². The summed E-state index contributed by atoms with van der Waals surface area (Å²) in [5, 5.41) is 9.61. The molecule has 1 aliphatic rings. The van der Waals surface area contributed by atoms with Gasteiger partial charge in [-0.05, 0) is 36.8 Å². The molecule has 1 aromatic carbocycles. The van der Waals surface area contributed by atoms with Gasteiger partial charge in [0.2, 0.25) is 5.91 Å². The molecule has 0 spiro atoms. The Morgan fingerprint density at radius 1 is 1.16 bits per heavy atom. The van der Waals surface area contributed by atoms with Gasteiger partial charge in [-0.25, -0.2) is 4.98 Å². The number of fused-ring (bicyclic) bond motifs is 1. The number of anilines is 1. The second-order valence-electron chi connectivity index (χ2n) is 8.19. The summed E-state index contributed by atoms with van der Waals surface area (Å²) in [6.45, 7) is 4.26. The number of amides is 1. The molecule has 1 fully saturated rings. The fourth-order valence-corrected chi connectivity index (χ4v) is 5.03. The molecule has 0 radical (unpaired) electrons. The molecule has 1 N–H and O–H groups in total. The lowest BCUT2D eigenvalue weighted by atomic mass is 9.95. The van der Waals surface area contributed by atoms with Gasteiger partial charge in [0.05, 0.1) is 6.54 Å². The van der Waals surface area contributed by atoms with Crippen molar-refractivity contribution in [3.05, 3.63) is 75.9 Å². The highest BCUT2D eigenvalue weighted by Gasteiger charge is 2.28. The molecule has 0 saturated carbocycles. The molecule has 4 aromatic rings.